The number of para-hydroxylation sites is 2. The predicted molar refractivity (Wildman–Crippen MR) is 88.9 cm³/mol. The minimum atomic E-state index is -0.413. The van der Waals surface area contributed by atoms with Crippen LogP contribution in [0.2, 0.25) is 0 Å². The number of nitrogens with zero attached hydrogens (tertiary/aromatic N) is 1. The SMILES string of the molecule is CCCN(CC1COc2ccccc2O1)C(=O)c1cccc(F)c1. The first-order chi connectivity index (χ1) is 11.7. The summed E-state index contributed by atoms with van der Waals surface area (Å²) in [6.07, 6.45) is 0.564. The third-order valence-electron chi connectivity index (χ3n) is 3.84. The van der Waals surface area contributed by atoms with E-state index in [1.807, 2.05) is 31.2 Å². The molecule has 0 aromatic heterocycles. The van der Waals surface area contributed by atoms with E-state index in [1.54, 1.807) is 17.0 Å². The normalized spacial score (nSPS) is 15.8. The third kappa shape index (κ3) is 3.67. The number of hydrogen-bond acceptors (Lipinski definition) is 3. The zero-order valence-electron chi connectivity index (χ0n) is 13.6. The Balaban J connectivity index is 1.71. The largest absolute Gasteiger partial charge is 0.486 e. The Labute approximate surface area is 140 Å². The molecular formula is C19H20FNO3. The Kier molecular flexibility index (Phi) is 4.99. The van der Waals surface area contributed by atoms with Crippen molar-refractivity contribution in [2.75, 3.05) is 19.7 Å². The van der Waals surface area contributed by atoms with Gasteiger partial charge in [-0.3, -0.25) is 4.79 Å². The van der Waals surface area contributed by atoms with Crippen molar-refractivity contribution in [1.29, 1.82) is 0 Å². The molecule has 1 unspecified atom stereocenters. The van der Waals surface area contributed by atoms with Crippen molar-refractivity contribution in [1.82, 2.24) is 4.90 Å². The van der Waals surface area contributed by atoms with Gasteiger partial charge in [-0.15, -0.1) is 0 Å². The van der Waals surface area contributed by atoms with Crippen molar-refractivity contribution in [3.63, 3.8) is 0 Å². The molecule has 0 saturated heterocycles. The smallest absolute Gasteiger partial charge is 0.254 e. The number of amides is 1. The van der Waals surface area contributed by atoms with Gasteiger partial charge < -0.3 is 14.4 Å². The molecule has 2 aromatic rings. The van der Waals surface area contributed by atoms with Crippen molar-refractivity contribution < 1.29 is 18.7 Å². The first-order valence-electron chi connectivity index (χ1n) is 8.10. The summed E-state index contributed by atoms with van der Waals surface area (Å²) in [4.78, 5) is 14.4. The van der Waals surface area contributed by atoms with Crippen LogP contribution in [0.3, 0.4) is 0 Å². The summed E-state index contributed by atoms with van der Waals surface area (Å²) in [5.41, 5.74) is 0.348. The van der Waals surface area contributed by atoms with Gasteiger partial charge in [-0.2, -0.15) is 0 Å². The Morgan fingerprint density at radius 3 is 2.75 bits per heavy atom. The summed E-state index contributed by atoms with van der Waals surface area (Å²) in [6, 6.07) is 13.2. The fraction of sp³-hybridized carbons (Fsp3) is 0.316. The monoisotopic (exact) mass is 329 g/mol. The molecule has 0 radical (unpaired) electrons. The molecule has 24 heavy (non-hydrogen) atoms. The van der Waals surface area contributed by atoms with E-state index in [2.05, 4.69) is 0 Å². The fourth-order valence-corrected chi connectivity index (χ4v) is 2.75. The van der Waals surface area contributed by atoms with Gasteiger partial charge in [0, 0.05) is 12.1 Å². The van der Waals surface area contributed by atoms with Crippen LogP contribution in [0, 0.1) is 5.82 Å². The molecule has 0 spiro atoms. The highest BCUT2D eigenvalue weighted by Crippen LogP contribution is 2.31. The summed E-state index contributed by atoms with van der Waals surface area (Å²) in [5.74, 6) is 0.790. The van der Waals surface area contributed by atoms with Gasteiger partial charge in [0.1, 0.15) is 12.4 Å². The first-order valence-corrected chi connectivity index (χ1v) is 8.10. The minimum Gasteiger partial charge on any atom is -0.486 e. The zero-order chi connectivity index (χ0) is 16.9. The Hall–Kier alpha value is -2.56. The third-order valence-corrected chi connectivity index (χ3v) is 3.84. The molecule has 0 bridgehead atoms. The summed E-state index contributed by atoms with van der Waals surface area (Å²) in [5, 5.41) is 0. The van der Waals surface area contributed by atoms with Crippen LogP contribution < -0.4 is 9.47 Å². The molecular weight excluding hydrogens is 309 g/mol. The van der Waals surface area contributed by atoms with Crippen LogP contribution in [0.25, 0.3) is 0 Å². The Morgan fingerprint density at radius 2 is 2.00 bits per heavy atom. The van der Waals surface area contributed by atoms with Gasteiger partial charge >= 0.3 is 0 Å². The van der Waals surface area contributed by atoms with Crippen LogP contribution in [0.1, 0.15) is 23.7 Å². The summed E-state index contributed by atoms with van der Waals surface area (Å²) >= 11 is 0. The minimum absolute atomic E-state index is 0.196. The van der Waals surface area contributed by atoms with Gasteiger partial charge in [-0.25, -0.2) is 4.39 Å². The van der Waals surface area contributed by atoms with Gasteiger partial charge in [0.2, 0.25) is 0 Å². The topological polar surface area (TPSA) is 38.8 Å². The second kappa shape index (κ2) is 7.34. The number of fused-ring (bicyclic) bond motifs is 1. The van der Waals surface area contributed by atoms with Gasteiger partial charge in [0.25, 0.3) is 5.91 Å². The standard InChI is InChI=1S/C19H20FNO3/c1-2-10-21(19(22)14-6-5-7-15(20)11-14)12-16-13-23-17-8-3-4-9-18(17)24-16/h3-9,11,16H,2,10,12-13H2,1H3. The molecule has 1 heterocycles. The maximum atomic E-state index is 13.4. The molecule has 0 saturated carbocycles. The van der Waals surface area contributed by atoms with Crippen LogP contribution >= 0.6 is 0 Å². The Bertz CT molecular complexity index is 719. The molecule has 2 aromatic carbocycles. The molecule has 0 N–H and O–H groups in total. The second-order valence-electron chi connectivity index (χ2n) is 5.76. The molecule has 1 atom stereocenters. The van der Waals surface area contributed by atoms with Gasteiger partial charge in [0.05, 0.1) is 6.54 Å². The molecule has 1 aliphatic heterocycles. The first kappa shape index (κ1) is 16.3. The molecule has 1 aliphatic rings. The highest BCUT2D eigenvalue weighted by atomic mass is 19.1. The number of halogens is 1. The lowest BCUT2D eigenvalue weighted by atomic mass is 10.1. The zero-order valence-corrected chi connectivity index (χ0v) is 13.6. The summed E-state index contributed by atoms with van der Waals surface area (Å²) < 4.78 is 25.0. The van der Waals surface area contributed by atoms with Crippen molar-refractivity contribution in [3.05, 3.63) is 59.9 Å². The van der Waals surface area contributed by atoms with E-state index in [-0.39, 0.29) is 12.0 Å². The molecule has 0 aliphatic carbocycles. The second-order valence-corrected chi connectivity index (χ2v) is 5.76. The number of carbonyl (C=O) groups excluding carboxylic acids is 1. The predicted octanol–water partition coefficient (Wildman–Crippen LogP) is 3.52. The summed E-state index contributed by atoms with van der Waals surface area (Å²) in [7, 11) is 0. The van der Waals surface area contributed by atoms with Crippen molar-refractivity contribution in [3.8, 4) is 11.5 Å². The van der Waals surface area contributed by atoms with E-state index in [1.165, 1.54) is 12.1 Å². The average molecular weight is 329 g/mol. The maximum Gasteiger partial charge on any atom is 0.254 e. The highest BCUT2D eigenvalue weighted by Gasteiger charge is 2.25. The van der Waals surface area contributed by atoms with E-state index in [9.17, 15) is 9.18 Å². The maximum absolute atomic E-state index is 13.4. The lowest BCUT2D eigenvalue weighted by molar-refractivity contribution is 0.0462. The fourth-order valence-electron chi connectivity index (χ4n) is 2.75. The van der Waals surface area contributed by atoms with Crippen molar-refractivity contribution in [2.24, 2.45) is 0 Å². The van der Waals surface area contributed by atoms with Crippen LogP contribution in [0.15, 0.2) is 48.5 Å². The van der Waals surface area contributed by atoms with Crippen LogP contribution in [0.5, 0.6) is 11.5 Å². The van der Waals surface area contributed by atoms with Crippen LogP contribution in [-0.4, -0.2) is 36.6 Å². The summed E-state index contributed by atoms with van der Waals surface area (Å²) in [6.45, 7) is 3.36. The Morgan fingerprint density at radius 1 is 1.21 bits per heavy atom. The average Bonchev–Trinajstić information content (AvgIpc) is 2.60. The number of rotatable bonds is 5. The van der Waals surface area contributed by atoms with E-state index < -0.39 is 5.82 Å². The molecule has 126 valence electrons. The quantitative estimate of drug-likeness (QED) is 0.842. The van der Waals surface area contributed by atoms with E-state index >= 15 is 0 Å². The number of ether oxygens (including phenoxy) is 2. The molecule has 1 amide bonds. The molecule has 4 nitrogen and oxygen atoms in total. The number of carbonyl (C=O) groups is 1. The lowest BCUT2D eigenvalue weighted by Gasteiger charge is -2.31. The molecule has 5 heteroatoms. The van der Waals surface area contributed by atoms with Crippen molar-refractivity contribution >= 4 is 5.91 Å². The van der Waals surface area contributed by atoms with Crippen LogP contribution in [-0.2, 0) is 0 Å². The van der Waals surface area contributed by atoms with E-state index in [0.717, 1.165) is 6.42 Å². The number of benzene rings is 2. The lowest BCUT2D eigenvalue weighted by Crippen LogP contribution is -2.44. The molecule has 3 rings (SSSR count). The molecule has 0 fully saturated rings. The van der Waals surface area contributed by atoms with E-state index in [0.29, 0.717) is 36.8 Å². The van der Waals surface area contributed by atoms with Crippen LogP contribution in [0.4, 0.5) is 4.39 Å². The van der Waals surface area contributed by atoms with Gasteiger partial charge in [-0.1, -0.05) is 25.1 Å². The van der Waals surface area contributed by atoms with Gasteiger partial charge in [-0.05, 0) is 36.8 Å². The van der Waals surface area contributed by atoms with E-state index in [4.69, 9.17) is 9.47 Å². The highest BCUT2D eigenvalue weighted by molar-refractivity contribution is 5.94. The number of hydrogen-bond donors (Lipinski definition) is 0. The van der Waals surface area contributed by atoms with Gasteiger partial charge in [0.15, 0.2) is 17.6 Å². The van der Waals surface area contributed by atoms with Crippen molar-refractivity contribution in [2.45, 2.75) is 19.4 Å².